The summed E-state index contributed by atoms with van der Waals surface area (Å²) in [5.41, 5.74) is 0. The molecular formula is C26H42FN. The van der Waals surface area contributed by atoms with Gasteiger partial charge in [0.05, 0.1) is 0 Å². The van der Waals surface area contributed by atoms with Crippen LogP contribution in [0.3, 0.4) is 0 Å². The predicted molar refractivity (Wildman–Crippen MR) is 117 cm³/mol. The zero-order valence-corrected chi connectivity index (χ0v) is 18.2. The summed E-state index contributed by atoms with van der Waals surface area (Å²) in [5, 5.41) is 8.37. The van der Waals surface area contributed by atoms with E-state index in [2.05, 4.69) is 6.92 Å². The Hall–Kier alpha value is -1.10. The molecule has 0 unspecified atom stereocenters. The van der Waals surface area contributed by atoms with Gasteiger partial charge in [-0.1, -0.05) is 109 Å². The quantitative estimate of drug-likeness (QED) is 0.197. The van der Waals surface area contributed by atoms with Gasteiger partial charge in [0, 0.05) is 0 Å². The van der Waals surface area contributed by atoms with E-state index in [9.17, 15) is 4.39 Å². The van der Waals surface area contributed by atoms with Crippen molar-refractivity contribution < 1.29 is 4.39 Å². The van der Waals surface area contributed by atoms with Crippen molar-refractivity contribution in [1.29, 1.82) is 5.26 Å². The van der Waals surface area contributed by atoms with Gasteiger partial charge >= 0.3 is 0 Å². The van der Waals surface area contributed by atoms with Crippen LogP contribution < -0.4 is 0 Å². The van der Waals surface area contributed by atoms with Gasteiger partial charge in [0.2, 0.25) is 0 Å². The Bertz CT molecular complexity index is 499. The Morgan fingerprint density at radius 2 is 1.32 bits per heavy atom. The number of hydrogen-bond acceptors (Lipinski definition) is 1. The molecule has 0 atom stereocenters. The Balaban J connectivity index is 1.51. The minimum atomic E-state index is -0.707. The fourth-order valence-corrected chi connectivity index (χ4v) is 5.39. The molecule has 0 radical (unpaired) electrons. The molecule has 0 N–H and O–H groups in total. The first-order valence-electron chi connectivity index (χ1n) is 12.1. The molecule has 0 amide bonds. The number of nitriles is 1. The van der Waals surface area contributed by atoms with Crippen LogP contribution in [0, 0.1) is 35.0 Å². The van der Waals surface area contributed by atoms with Crippen LogP contribution in [0.5, 0.6) is 0 Å². The lowest BCUT2D eigenvalue weighted by Gasteiger charge is -2.32. The maximum Gasteiger partial charge on any atom is 0.199 e. The normalized spacial score (nSPS) is 29.1. The molecule has 0 bridgehead atoms. The Labute approximate surface area is 173 Å². The summed E-state index contributed by atoms with van der Waals surface area (Å²) in [6.07, 6.45) is 27.4. The maximum absolute atomic E-state index is 12.7. The predicted octanol–water partition coefficient (Wildman–Crippen LogP) is 8.67. The van der Waals surface area contributed by atoms with Gasteiger partial charge in [0.1, 0.15) is 6.07 Å². The minimum Gasteiger partial charge on any atom is -0.195 e. The molecule has 0 aromatic heterocycles. The van der Waals surface area contributed by atoms with Crippen molar-refractivity contribution in [3.63, 3.8) is 0 Å². The highest BCUT2D eigenvalue weighted by Crippen LogP contribution is 2.38. The molecule has 28 heavy (non-hydrogen) atoms. The van der Waals surface area contributed by atoms with Crippen molar-refractivity contribution in [3.8, 4) is 6.07 Å². The van der Waals surface area contributed by atoms with Crippen LogP contribution in [-0.2, 0) is 0 Å². The SMILES string of the molecule is CCCCCC1CCC(CCC2CCC(CCC=CC=C(F)C#N)CC2)CC1. The average Bonchev–Trinajstić information content (AvgIpc) is 2.74. The molecule has 0 aromatic carbocycles. The number of nitrogens with zero attached hydrogens (tertiary/aromatic N) is 1. The number of hydrogen-bond donors (Lipinski definition) is 0. The van der Waals surface area contributed by atoms with E-state index in [1.165, 1.54) is 108 Å². The number of unbranched alkanes of at least 4 members (excludes halogenated alkanes) is 2. The molecular weight excluding hydrogens is 345 g/mol. The zero-order chi connectivity index (χ0) is 20.0. The second-order valence-electron chi connectivity index (χ2n) is 9.48. The lowest BCUT2D eigenvalue weighted by molar-refractivity contribution is 0.209. The monoisotopic (exact) mass is 387 g/mol. The van der Waals surface area contributed by atoms with Gasteiger partial charge in [0.15, 0.2) is 5.83 Å². The third-order valence-electron chi connectivity index (χ3n) is 7.36. The molecule has 0 heterocycles. The van der Waals surface area contributed by atoms with Crippen LogP contribution >= 0.6 is 0 Å². The van der Waals surface area contributed by atoms with Crippen molar-refractivity contribution in [2.75, 3.05) is 0 Å². The second-order valence-corrected chi connectivity index (χ2v) is 9.48. The molecule has 2 aliphatic carbocycles. The number of allylic oxidation sites excluding steroid dienone is 4. The first-order chi connectivity index (χ1) is 13.7. The van der Waals surface area contributed by atoms with Crippen molar-refractivity contribution >= 4 is 0 Å². The molecule has 2 rings (SSSR count). The highest BCUT2D eigenvalue weighted by atomic mass is 19.1. The van der Waals surface area contributed by atoms with Crippen molar-refractivity contribution in [3.05, 3.63) is 24.1 Å². The molecule has 1 nitrogen and oxygen atoms in total. The van der Waals surface area contributed by atoms with Gasteiger partial charge in [-0.05, 0) is 42.6 Å². The second kappa shape index (κ2) is 14.0. The minimum absolute atomic E-state index is 0.707. The fourth-order valence-electron chi connectivity index (χ4n) is 5.39. The van der Waals surface area contributed by atoms with Gasteiger partial charge in [-0.2, -0.15) is 9.65 Å². The molecule has 0 saturated heterocycles. The Kier molecular flexibility index (Phi) is 11.6. The summed E-state index contributed by atoms with van der Waals surface area (Å²) in [5.74, 6) is 3.18. The van der Waals surface area contributed by atoms with E-state index >= 15 is 0 Å². The molecule has 0 aliphatic heterocycles. The maximum atomic E-state index is 12.7. The lowest BCUT2D eigenvalue weighted by atomic mass is 9.74. The molecule has 158 valence electrons. The van der Waals surface area contributed by atoms with E-state index in [0.717, 1.165) is 30.1 Å². The summed E-state index contributed by atoms with van der Waals surface area (Å²) >= 11 is 0. The Morgan fingerprint density at radius 1 is 0.821 bits per heavy atom. The van der Waals surface area contributed by atoms with Gasteiger partial charge in [-0.15, -0.1) is 0 Å². The summed E-state index contributed by atoms with van der Waals surface area (Å²) in [4.78, 5) is 0. The van der Waals surface area contributed by atoms with Crippen molar-refractivity contribution in [2.45, 2.75) is 110 Å². The van der Waals surface area contributed by atoms with E-state index < -0.39 is 5.83 Å². The van der Waals surface area contributed by atoms with Gasteiger partial charge < -0.3 is 0 Å². The Morgan fingerprint density at radius 3 is 1.82 bits per heavy atom. The van der Waals surface area contributed by atoms with Crippen molar-refractivity contribution in [1.82, 2.24) is 0 Å². The largest absolute Gasteiger partial charge is 0.199 e. The van der Waals surface area contributed by atoms with Gasteiger partial charge in [-0.25, -0.2) is 0 Å². The fraction of sp³-hybridized carbons (Fsp3) is 0.808. The van der Waals surface area contributed by atoms with Gasteiger partial charge in [0.25, 0.3) is 0 Å². The van der Waals surface area contributed by atoms with E-state index in [1.807, 2.05) is 6.08 Å². The van der Waals surface area contributed by atoms with Gasteiger partial charge in [-0.3, -0.25) is 0 Å². The highest BCUT2D eigenvalue weighted by Gasteiger charge is 2.24. The smallest absolute Gasteiger partial charge is 0.195 e. The van der Waals surface area contributed by atoms with Crippen LogP contribution in [0.1, 0.15) is 110 Å². The van der Waals surface area contributed by atoms with E-state index in [4.69, 9.17) is 5.26 Å². The number of rotatable bonds is 11. The van der Waals surface area contributed by atoms with Crippen LogP contribution in [-0.4, -0.2) is 0 Å². The van der Waals surface area contributed by atoms with Crippen LogP contribution in [0.4, 0.5) is 4.39 Å². The summed E-state index contributed by atoms with van der Waals surface area (Å²) in [7, 11) is 0. The summed E-state index contributed by atoms with van der Waals surface area (Å²) in [6.45, 7) is 2.31. The third kappa shape index (κ3) is 9.40. The zero-order valence-electron chi connectivity index (χ0n) is 18.2. The first-order valence-corrected chi connectivity index (χ1v) is 12.1. The average molecular weight is 388 g/mol. The molecule has 2 heteroatoms. The topological polar surface area (TPSA) is 23.8 Å². The first kappa shape index (κ1) is 23.2. The number of halogens is 1. The van der Waals surface area contributed by atoms with Crippen LogP contribution in [0.15, 0.2) is 24.1 Å². The summed E-state index contributed by atoms with van der Waals surface area (Å²) < 4.78 is 12.7. The lowest BCUT2D eigenvalue weighted by Crippen LogP contribution is -2.18. The van der Waals surface area contributed by atoms with E-state index in [1.54, 1.807) is 6.08 Å². The molecule has 2 fully saturated rings. The van der Waals surface area contributed by atoms with Crippen molar-refractivity contribution in [2.24, 2.45) is 23.7 Å². The van der Waals surface area contributed by atoms with E-state index in [-0.39, 0.29) is 0 Å². The summed E-state index contributed by atoms with van der Waals surface area (Å²) in [6, 6.07) is 1.50. The standard InChI is InChI=1S/C26H42FN/c1-2-3-5-8-22-11-15-24(16-12-22)19-20-25-17-13-23(14-18-25)9-6-4-7-10-26(27)21-28/h4,7,10,22-25H,2-3,5-6,8-9,11-20H2,1H3. The molecule has 2 aliphatic rings. The third-order valence-corrected chi connectivity index (χ3v) is 7.36. The molecule has 0 spiro atoms. The molecule has 0 aromatic rings. The van der Waals surface area contributed by atoms with E-state index in [0.29, 0.717) is 0 Å². The van der Waals surface area contributed by atoms with Crippen LogP contribution in [0.25, 0.3) is 0 Å². The van der Waals surface area contributed by atoms with Crippen LogP contribution in [0.2, 0.25) is 0 Å². The highest BCUT2D eigenvalue weighted by molar-refractivity contribution is 5.18. The molecule has 2 saturated carbocycles.